The minimum Gasteiger partial charge on any atom is -0.382 e. The van der Waals surface area contributed by atoms with Crippen LogP contribution in [-0.2, 0) is 14.3 Å². The van der Waals surface area contributed by atoms with E-state index in [0.29, 0.717) is 37.9 Å². The highest BCUT2D eigenvalue weighted by Crippen LogP contribution is 2.33. The van der Waals surface area contributed by atoms with E-state index in [1.54, 1.807) is 4.90 Å². The lowest BCUT2D eigenvalue weighted by Gasteiger charge is -2.22. The van der Waals surface area contributed by atoms with Gasteiger partial charge in [-0.2, -0.15) is 0 Å². The van der Waals surface area contributed by atoms with Crippen LogP contribution >= 0.6 is 11.3 Å². The van der Waals surface area contributed by atoms with Gasteiger partial charge in [0.1, 0.15) is 6.04 Å². The smallest absolute Gasteiger partial charge is 0.242 e. The maximum absolute atomic E-state index is 12.5. The van der Waals surface area contributed by atoms with Crippen LogP contribution in [-0.4, -0.2) is 60.9 Å². The van der Waals surface area contributed by atoms with E-state index < -0.39 is 0 Å². The Balaban J connectivity index is 1.57. The van der Waals surface area contributed by atoms with Crippen LogP contribution in [0.2, 0.25) is 0 Å². The quantitative estimate of drug-likeness (QED) is 0.694. The van der Waals surface area contributed by atoms with Crippen LogP contribution in [0.1, 0.15) is 39.0 Å². The maximum atomic E-state index is 12.5. The highest BCUT2D eigenvalue weighted by Gasteiger charge is 2.34. The van der Waals surface area contributed by atoms with Crippen LogP contribution in [0.4, 0.5) is 10.3 Å². The summed E-state index contributed by atoms with van der Waals surface area (Å²) in [6, 6.07) is -0.206. The number of nitrogens with zero attached hydrogens (tertiary/aromatic N) is 4. The molecule has 0 aromatic carbocycles. The topological polar surface area (TPSA) is 87.7 Å². The molecule has 0 aliphatic carbocycles. The van der Waals surface area contributed by atoms with E-state index in [4.69, 9.17) is 4.74 Å². The predicted molar refractivity (Wildman–Crippen MR) is 96.0 cm³/mol. The average molecular weight is 367 g/mol. The highest BCUT2D eigenvalue weighted by atomic mass is 32.1. The molecule has 0 unspecified atom stereocenters. The Hall–Kier alpha value is -1.74. The van der Waals surface area contributed by atoms with E-state index in [1.165, 1.54) is 11.3 Å². The van der Waals surface area contributed by atoms with Crippen LogP contribution in [0.25, 0.3) is 0 Å². The van der Waals surface area contributed by atoms with Crippen molar-refractivity contribution in [1.82, 2.24) is 15.5 Å². The van der Waals surface area contributed by atoms with E-state index in [0.717, 1.165) is 37.4 Å². The molecular formula is C16H25N5O3S. The van der Waals surface area contributed by atoms with Crippen molar-refractivity contribution in [3.05, 3.63) is 0 Å². The lowest BCUT2D eigenvalue weighted by molar-refractivity contribution is -0.122. The van der Waals surface area contributed by atoms with Gasteiger partial charge in [-0.25, -0.2) is 0 Å². The fourth-order valence-electron chi connectivity index (χ4n) is 3.20. The van der Waals surface area contributed by atoms with Crippen molar-refractivity contribution in [2.75, 3.05) is 42.6 Å². The number of carbonyl (C=O) groups excluding carboxylic acids is 2. The minimum atomic E-state index is -0.206. The molecule has 1 aromatic rings. The third-order valence-corrected chi connectivity index (χ3v) is 5.46. The molecule has 2 aliphatic rings. The first-order chi connectivity index (χ1) is 12.2. The number of ether oxygens (including phenoxy) is 1. The summed E-state index contributed by atoms with van der Waals surface area (Å²) in [5.41, 5.74) is 0. The molecule has 0 radical (unpaired) electrons. The third-order valence-electron chi connectivity index (χ3n) is 4.48. The Morgan fingerprint density at radius 3 is 2.92 bits per heavy atom. The second-order valence-electron chi connectivity index (χ2n) is 6.21. The molecule has 2 aliphatic heterocycles. The fraction of sp³-hybridized carbons (Fsp3) is 0.750. The normalized spacial score (nSPS) is 20.5. The first kappa shape index (κ1) is 18.1. The molecule has 0 bridgehead atoms. The molecule has 2 amide bonds. The summed E-state index contributed by atoms with van der Waals surface area (Å²) >= 11 is 1.40. The van der Waals surface area contributed by atoms with Crippen LogP contribution < -0.4 is 15.1 Å². The number of anilines is 2. The van der Waals surface area contributed by atoms with Crippen molar-refractivity contribution in [3.8, 4) is 0 Å². The number of hydrogen-bond acceptors (Lipinski definition) is 7. The first-order valence-electron chi connectivity index (χ1n) is 8.96. The van der Waals surface area contributed by atoms with Gasteiger partial charge in [0.2, 0.25) is 22.1 Å². The summed E-state index contributed by atoms with van der Waals surface area (Å²) < 4.78 is 5.28. The van der Waals surface area contributed by atoms with Crippen molar-refractivity contribution < 1.29 is 14.3 Å². The zero-order valence-corrected chi connectivity index (χ0v) is 15.4. The first-order valence-corrected chi connectivity index (χ1v) is 9.78. The molecular weight excluding hydrogens is 342 g/mol. The molecule has 0 spiro atoms. The van der Waals surface area contributed by atoms with E-state index >= 15 is 0 Å². The van der Waals surface area contributed by atoms with Crippen molar-refractivity contribution in [2.45, 2.75) is 45.1 Å². The van der Waals surface area contributed by atoms with Gasteiger partial charge in [0, 0.05) is 39.3 Å². The number of rotatable bonds is 8. The van der Waals surface area contributed by atoms with Crippen LogP contribution in [0.15, 0.2) is 0 Å². The number of carbonyl (C=O) groups is 2. The Labute approximate surface area is 151 Å². The Kier molecular flexibility index (Phi) is 6.19. The van der Waals surface area contributed by atoms with Gasteiger partial charge in [0.25, 0.3) is 0 Å². The molecule has 0 saturated carbocycles. The summed E-state index contributed by atoms with van der Waals surface area (Å²) in [5.74, 6) is 0.135. The number of aromatic nitrogens is 2. The average Bonchev–Trinajstić information content (AvgIpc) is 3.33. The Morgan fingerprint density at radius 2 is 2.16 bits per heavy atom. The monoisotopic (exact) mass is 367 g/mol. The molecule has 9 heteroatoms. The Bertz CT molecular complexity index is 608. The maximum Gasteiger partial charge on any atom is 0.242 e. The number of nitrogens with one attached hydrogen (secondary N) is 1. The van der Waals surface area contributed by atoms with Crippen molar-refractivity contribution in [3.63, 3.8) is 0 Å². The van der Waals surface area contributed by atoms with Gasteiger partial charge < -0.3 is 15.0 Å². The largest absolute Gasteiger partial charge is 0.382 e. The molecule has 8 nitrogen and oxygen atoms in total. The summed E-state index contributed by atoms with van der Waals surface area (Å²) in [5, 5.41) is 12.7. The van der Waals surface area contributed by atoms with E-state index in [2.05, 4.69) is 15.5 Å². The standard InChI is InChI=1S/C16H25N5O3S/c1-2-24-11-5-8-17-14(23)12-6-3-9-20(12)15-18-19-16(25-15)21-10-4-7-13(21)22/h12H,2-11H2,1H3,(H,17,23)/t12-/m1/s1. The molecule has 3 heterocycles. The Morgan fingerprint density at radius 1 is 1.32 bits per heavy atom. The summed E-state index contributed by atoms with van der Waals surface area (Å²) in [6.07, 6.45) is 4.02. The zero-order valence-electron chi connectivity index (χ0n) is 14.6. The summed E-state index contributed by atoms with van der Waals surface area (Å²) in [7, 11) is 0. The van der Waals surface area contributed by atoms with Gasteiger partial charge in [0.15, 0.2) is 0 Å². The number of hydrogen-bond donors (Lipinski definition) is 1. The predicted octanol–water partition coefficient (Wildman–Crippen LogP) is 1.18. The van der Waals surface area contributed by atoms with Gasteiger partial charge in [-0.05, 0) is 32.6 Å². The molecule has 1 N–H and O–H groups in total. The van der Waals surface area contributed by atoms with Gasteiger partial charge >= 0.3 is 0 Å². The lowest BCUT2D eigenvalue weighted by atomic mass is 10.2. The summed E-state index contributed by atoms with van der Waals surface area (Å²) in [6.45, 7) is 5.43. The van der Waals surface area contributed by atoms with Crippen LogP contribution in [0.3, 0.4) is 0 Å². The lowest BCUT2D eigenvalue weighted by Crippen LogP contribution is -2.43. The fourth-order valence-corrected chi connectivity index (χ4v) is 4.17. The number of amides is 2. The van der Waals surface area contributed by atoms with Gasteiger partial charge in [-0.1, -0.05) is 11.3 Å². The van der Waals surface area contributed by atoms with E-state index in [9.17, 15) is 9.59 Å². The van der Waals surface area contributed by atoms with Crippen molar-refractivity contribution in [2.24, 2.45) is 0 Å². The van der Waals surface area contributed by atoms with Gasteiger partial charge in [0.05, 0.1) is 0 Å². The summed E-state index contributed by atoms with van der Waals surface area (Å²) in [4.78, 5) is 28.0. The van der Waals surface area contributed by atoms with Gasteiger partial charge in [-0.15, -0.1) is 10.2 Å². The van der Waals surface area contributed by atoms with E-state index in [1.807, 2.05) is 11.8 Å². The van der Waals surface area contributed by atoms with Crippen LogP contribution in [0, 0.1) is 0 Å². The van der Waals surface area contributed by atoms with Crippen molar-refractivity contribution in [1.29, 1.82) is 0 Å². The third kappa shape index (κ3) is 4.27. The van der Waals surface area contributed by atoms with Crippen molar-refractivity contribution >= 4 is 33.4 Å². The molecule has 2 saturated heterocycles. The second kappa shape index (κ2) is 8.57. The minimum absolute atomic E-state index is 0.0306. The molecule has 138 valence electrons. The molecule has 1 aromatic heterocycles. The van der Waals surface area contributed by atoms with Gasteiger partial charge in [-0.3, -0.25) is 14.5 Å². The highest BCUT2D eigenvalue weighted by molar-refractivity contribution is 7.19. The SMILES string of the molecule is CCOCCCNC(=O)[C@H]1CCCN1c1nnc(N2CCCC2=O)s1. The molecule has 1 atom stereocenters. The molecule has 25 heavy (non-hydrogen) atoms. The van der Waals surface area contributed by atoms with Crippen LogP contribution in [0.5, 0.6) is 0 Å². The molecule has 2 fully saturated rings. The van der Waals surface area contributed by atoms with E-state index in [-0.39, 0.29) is 17.9 Å². The second-order valence-corrected chi connectivity index (χ2v) is 7.14. The zero-order chi connectivity index (χ0) is 17.6. The molecule has 3 rings (SSSR count).